The Morgan fingerprint density at radius 2 is 1.93 bits per heavy atom. The molecule has 1 aliphatic heterocycles. The third-order valence-corrected chi connectivity index (χ3v) is 4.66. The van der Waals surface area contributed by atoms with Gasteiger partial charge in [-0.05, 0) is 24.6 Å². The maximum atomic E-state index is 10.9. The Balaban J connectivity index is 1.67. The van der Waals surface area contributed by atoms with Gasteiger partial charge in [0.2, 0.25) is 5.88 Å². The summed E-state index contributed by atoms with van der Waals surface area (Å²) >= 11 is 0. The fraction of sp³-hybridized carbons (Fsp3) is 0.190. The van der Waals surface area contributed by atoms with Crippen molar-refractivity contribution in [1.29, 1.82) is 0 Å². The van der Waals surface area contributed by atoms with Crippen molar-refractivity contribution in [3.63, 3.8) is 0 Å². The topological polar surface area (TPSA) is 83.4 Å². The predicted octanol–water partition coefficient (Wildman–Crippen LogP) is 3.32. The third kappa shape index (κ3) is 3.39. The van der Waals surface area contributed by atoms with Crippen molar-refractivity contribution >= 4 is 29.0 Å². The molecule has 0 radical (unpaired) electrons. The molecule has 0 bridgehead atoms. The lowest BCUT2D eigenvalue weighted by Gasteiger charge is -2.35. The molecule has 142 valence electrons. The number of hydrogen-bond acceptors (Lipinski definition) is 7. The smallest absolute Gasteiger partial charge is 0.233 e. The van der Waals surface area contributed by atoms with Crippen molar-refractivity contribution in [2.24, 2.45) is 0 Å². The fourth-order valence-electron chi connectivity index (χ4n) is 3.26. The molecule has 0 saturated heterocycles. The van der Waals surface area contributed by atoms with Gasteiger partial charge in [0.1, 0.15) is 5.82 Å². The lowest BCUT2D eigenvalue weighted by atomic mass is 9.96. The highest BCUT2D eigenvalue weighted by atomic mass is 16.5. The molecule has 1 unspecified atom stereocenters. The maximum Gasteiger partial charge on any atom is 0.233 e. The van der Waals surface area contributed by atoms with Crippen LogP contribution in [0.4, 0.5) is 17.3 Å². The summed E-state index contributed by atoms with van der Waals surface area (Å²) in [6, 6.07) is 15.3. The van der Waals surface area contributed by atoms with Gasteiger partial charge in [-0.2, -0.15) is 0 Å². The minimum Gasteiger partial charge on any atom is -0.480 e. The van der Waals surface area contributed by atoms with Crippen molar-refractivity contribution in [2.45, 2.75) is 13.2 Å². The number of likely N-dealkylation sites (N-methyl/N-ethyl adjacent to an activating group) is 1. The zero-order valence-corrected chi connectivity index (χ0v) is 15.7. The van der Waals surface area contributed by atoms with Crippen molar-refractivity contribution in [1.82, 2.24) is 15.2 Å². The van der Waals surface area contributed by atoms with Gasteiger partial charge in [-0.3, -0.25) is 0 Å². The van der Waals surface area contributed by atoms with Gasteiger partial charge in [-0.1, -0.05) is 30.3 Å². The molecule has 0 spiro atoms. The average molecular weight is 375 g/mol. The van der Waals surface area contributed by atoms with Crippen LogP contribution in [0.15, 0.2) is 54.7 Å². The summed E-state index contributed by atoms with van der Waals surface area (Å²) in [6.45, 7) is 2.67. The molecule has 0 aliphatic carbocycles. The van der Waals surface area contributed by atoms with Crippen LogP contribution in [0, 0.1) is 0 Å². The van der Waals surface area contributed by atoms with Crippen LogP contribution in [0.2, 0.25) is 0 Å². The second-order valence-electron chi connectivity index (χ2n) is 6.34. The van der Waals surface area contributed by atoms with E-state index in [1.54, 1.807) is 25.4 Å². The minimum absolute atomic E-state index is 0.447. The lowest BCUT2D eigenvalue weighted by molar-refractivity contribution is 0.226. The Hall–Kier alpha value is -3.45. The Kier molecular flexibility index (Phi) is 4.90. The molecule has 28 heavy (non-hydrogen) atoms. The molecule has 3 heterocycles. The number of hydrogen-bond donors (Lipinski definition) is 2. The zero-order valence-electron chi connectivity index (χ0n) is 15.7. The summed E-state index contributed by atoms with van der Waals surface area (Å²) in [5.74, 6) is 1.64. The minimum atomic E-state index is -0.726. The summed E-state index contributed by atoms with van der Waals surface area (Å²) < 4.78 is 5.02. The van der Waals surface area contributed by atoms with Crippen LogP contribution in [-0.4, -0.2) is 40.2 Å². The molecule has 1 aliphatic rings. The second kappa shape index (κ2) is 7.66. The van der Waals surface area contributed by atoms with Gasteiger partial charge in [0.15, 0.2) is 12.0 Å². The predicted molar refractivity (Wildman–Crippen MR) is 109 cm³/mol. The third-order valence-electron chi connectivity index (χ3n) is 4.66. The molecule has 1 atom stereocenters. The van der Waals surface area contributed by atoms with Gasteiger partial charge in [0, 0.05) is 36.0 Å². The van der Waals surface area contributed by atoms with E-state index in [2.05, 4.69) is 20.5 Å². The standard InChI is InChI=1S/C21H21N5O2/c1-3-26-17-12-19(23-18-9-10-20(28-2)25-24-18)22-13-15(17)11-16(21(26)27)14-7-5-4-6-8-14/h4-13,21,27H,3H2,1-2H3,(H,22,23,24). The van der Waals surface area contributed by atoms with E-state index < -0.39 is 6.23 Å². The average Bonchev–Trinajstić information content (AvgIpc) is 2.74. The van der Waals surface area contributed by atoms with Crippen LogP contribution in [0.5, 0.6) is 5.88 Å². The van der Waals surface area contributed by atoms with Gasteiger partial charge in [0.05, 0.1) is 12.8 Å². The van der Waals surface area contributed by atoms with Crippen LogP contribution < -0.4 is 15.0 Å². The Bertz CT molecular complexity index is 989. The van der Waals surface area contributed by atoms with E-state index in [4.69, 9.17) is 4.74 Å². The molecule has 4 rings (SSSR count). The molecular weight excluding hydrogens is 354 g/mol. The fourth-order valence-corrected chi connectivity index (χ4v) is 3.26. The summed E-state index contributed by atoms with van der Waals surface area (Å²) in [7, 11) is 1.55. The first kappa shape index (κ1) is 17.9. The number of ether oxygens (including phenoxy) is 1. The zero-order chi connectivity index (χ0) is 19.5. The van der Waals surface area contributed by atoms with Crippen LogP contribution >= 0.6 is 0 Å². The van der Waals surface area contributed by atoms with E-state index in [-0.39, 0.29) is 0 Å². The van der Waals surface area contributed by atoms with E-state index in [1.807, 2.05) is 54.3 Å². The van der Waals surface area contributed by atoms with Crippen LogP contribution in [0.3, 0.4) is 0 Å². The van der Waals surface area contributed by atoms with Crippen molar-refractivity contribution in [2.75, 3.05) is 23.9 Å². The maximum absolute atomic E-state index is 10.9. The highest BCUT2D eigenvalue weighted by Crippen LogP contribution is 2.37. The highest BCUT2D eigenvalue weighted by Gasteiger charge is 2.27. The summed E-state index contributed by atoms with van der Waals surface area (Å²) in [5.41, 5.74) is 3.72. The molecule has 3 aromatic rings. The first-order valence-corrected chi connectivity index (χ1v) is 9.06. The van der Waals surface area contributed by atoms with E-state index in [0.29, 0.717) is 24.1 Å². The van der Waals surface area contributed by atoms with Crippen LogP contribution in [0.25, 0.3) is 11.6 Å². The normalized spacial score (nSPS) is 15.6. The number of benzene rings is 1. The molecule has 7 heteroatoms. The first-order valence-electron chi connectivity index (χ1n) is 9.06. The number of nitrogens with zero attached hydrogens (tertiary/aromatic N) is 4. The molecular formula is C21H21N5O2. The number of anilines is 3. The summed E-state index contributed by atoms with van der Waals surface area (Å²) in [4.78, 5) is 6.44. The Labute approximate surface area is 163 Å². The van der Waals surface area contributed by atoms with E-state index in [1.165, 1.54) is 0 Å². The van der Waals surface area contributed by atoms with Crippen molar-refractivity contribution < 1.29 is 9.84 Å². The van der Waals surface area contributed by atoms with Crippen molar-refractivity contribution in [3.05, 3.63) is 65.9 Å². The van der Waals surface area contributed by atoms with Gasteiger partial charge in [0.25, 0.3) is 0 Å². The molecule has 2 N–H and O–H groups in total. The molecule has 2 aromatic heterocycles. The quantitative estimate of drug-likeness (QED) is 0.708. The van der Waals surface area contributed by atoms with Gasteiger partial charge >= 0.3 is 0 Å². The summed E-state index contributed by atoms with van der Waals surface area (Å²) in [6.07, 6.45) is 3.06. The number of aliphatic hydroxyl groups is 1. The lowest BCUT2D eigenvalue weighted by Crippen LogP contribution is -2.38. The largest absolute Gasteiger partial charge is 0.480 e. The number of aliphatic hydroxyl groups excluding tert-OH is 1. The summed E-state index contributed by atoms with van der Waals surface area (Å²) in [5, 5.41) is 22.1. The SMILES string of the molecule is CCN1c2cc(Nc3ccc(OC)nn3)ncc2C=C(c2ccccc2)C1O. The number of aromatic nitrogens is 3. The van der Waals surface area contributed by atoms with Crippen LogP contribution in [-0.2, 0) is 0 Å². The molecule has 7 nitrogen and oxygen atoms in total. The van der Waals surface area contributed by atoms with E-state index in [0.717, 1.165) is 22.4 Å². The van der Waals surface area contributed by atoms with Crippen molar-refractivity contribution in [3.8, 4) is 5.88 Å². The van der Waals surface area contributed by atoms with Crippen LogP contribution in [0.1, 0.15) is 18.1 Å². The molecule has 0 fully saturated rings. The Morgan fingerprint density at radius 3 is 2.61 bits per heavy atom. The van der Waals surface area contributed by atoms with Gasteiger partial charge in [-0.25, -0.2) is 4.98 Å². The first-order chi connectivity index (χ1) is 13.7. The number of methoxy groups -OCH3 is 1. The van der Waals surface area contributed by atoms with E-state index >= 15 is 0 Å². The van der Waals surface area contributed by atoms with Gasteiger partial charge in [-0.15, -0.1) is 10.2 Å². The van der Waals surface area contributed by atoms with E-state index in [9.17, 15) is 5.11 Å². The Morgan fingerprint density at radius 1 is 1.11 bits per heavy atom. The number of pyridine rings is 1. The monoisotopic (exact) mass is 375 g/mol. The highest BCUT2D eigenvalue weighted by molar-refractivity contribution is 5.92. The molecule has 0 saturated carbocycles. The van der Waals surface area contributed by atoms with Gasteiger partial charge < -0.3 is 20.1 Å². The number of fused-ring (bicyclic) bond motifs is 1. The second-order valence-corrected chi connectivity index (χ2v) is 6.34. The number of rotatable bonds is 5. The molecule has 1 aromatic carbocycles. The molecule has 0 amide bonds. The number of nitrogens with one attached hydrogen (secondary N) is 1.